The molecule has 0 bridgehead atoms. The summed E-state index contributed by atoms with van der Waals surface area (Å²) in [6, 6.07) is 6.37. The Hall–Kier alpha value is -1.95. The lowest BCUT2D eigenvalue weighted by Crippen LogP contribution is -2.48. The van der Waals surface area contributed by atoms with Gasteiger partial charge in [0.15, 0.2) is 0 Å². The fraction of sp³-hybridized carbons (Fsp3) is 0.550. The van der Waals surface area contributed by atoms with Gasteiger partial charge in [0.1, 0.15) is 0 Å². The number of hydrogen-bond donors (Lipinski definition) is 1. The van der Waals surface area contributed by atoms with Crippen molar-refractivity contribution < 1.29 is 22.8 Å². The van der Waals surface area contributed by atoms with Gasteiger partial charge in [0, 0.05) is 39.3 Å². The number of hydrogen-bond acceptors (Lipinski definition) is 7. The van der Waals surface area contributed by atoms with Crippen LogP contribution in [0.5, 0.6) is 0 Å². The van der Waals surface area contributed by atoms with Crippen LogP contribution in [0.1, 0.15) is 18.9 Å². The summed E-state index contributed by atoms with van der Waals surface area (Å²) < 4.78 is 27.4. The van der Waals surface area contributed by atoms with E-state index in [1.165, 1.54) is 4.31 Å². The summed E-state index contributed by atoms with van der Waals surface area (Å²) in [5.41, 5.74) is 0.998. The highest BCUT2D eigenvalue weighted by Gasteiger charge is 2.31. The molecule has 2 fully saturated rings. The summed E-state index contributed by atoms with van der Waals surface area (Å²) in [6.45, 7) is 5.80. The average Bonchev–Trinajstić information content (AvgIpc) is 2.94. The second-order valence-corrected chi connectivity index (χ2v) is 10.5. The molecule has 3 rings (SSSR count). The number of sulfonamides is 1. The molecule has 31 heavy (non-hydrogen) atoms. The van der Waals surface area contributed by atoms with Crippen molar-refractivity contribution in [2.75, 3.05) is 45.0 Å². The molecule has 0 spiro atoms. The molecule has 2 aliphatic rings. The molecule has 1 N–H and O–H groups in total. The van der Waals surface area contributed by atoms with Gasteiger partial charge in [-0.25, -0.2) is 8.42 Å². The zero-order valence-corrected chi connectivity index (χ0v) is 19.4. The van der Waals surface area contributed by atoms with E-state index in [4.69, 9.17) is 0 Å². The number of rotatable bonds is 7. The van der Waals surface area contributed by atoms with Crippen molar-refractivity contribution in [1.82, 2.24) is 19.4 Å². The van der Waals surface area contributed by atoms with E-state index in [9.17, 15) is 22.8 Å². The van der Waals surface area contributed by atoms with Crippen LogP contribution in [0.2, 0.25) is 0 Å². The monoisotopic (exact) mass is 468 g/mol. The van der Waals surface area contributed by atoms with Gasteiger partial charge in [-0.05, 0) is 32.4 Å². The molecule has 1 aromatic carbocycles. The van der Waals surface area contributed by atoms with Crippen molar-refractivity contribution in [2.45, 2.75) is 31.2 Å². The maximum Gasteiger partial charge on any atom is 0.288 e. The van der Waals surface area contributed by atoms with Crippen LogP contribution in [0, 0.1) is 6.92 Å². The predicted molar refractivity (Wildman–Crippen MR) is 118 cm³/mol. The minimum atomic E-state index is -3.57. The molecule has 2 heterocycles. The number of benzene rings is 1. The van der Waals surface area contributed by atoms with Crippen LogP contribution in [0.25, 0.3) is 0 Å². The van der Waals surface area contributed by atoms with Crippen LogP contribution in [0.3, 0.4) is 0 Å². The summed E-state index contributed by atoms with van der Waals surface area (Å²) in [5.74, 6) is -0.292. The van der Waals surface area contributed by atoms with Gasteiger partial charge in [-0.1, -0.05) is 29.5 Å². The van der Waals surface area contributed by atoms with Crippen molar-refractivity contribution in [3.8, 4) is 0 Å². The predicted octanol–water partition coefficient (Wildman–Crippen LogP) is 0.892. The van der Waals surface area contributed by atoms with Crippen LogP contribution in [0.4, 0.5) is 4.79 Å². The first-order chi connectivity index (χ1) is 14.7. The maximum atomic E-state index is 12.9. The summed E-state index contributed by atoms with van der Waals surface area (Å²) in [6.07, 6.45) is 0.622. The standard InChI is InChI=1S/C20H28N4O5S2/c1-15-4-6-17(7-5-15)31(28,29)23-10-3-9-22(12-13-23)16(2)19(26)21-8-11-24-18(25)14-30-20(24)27/h4-7,16H,3,8-14H2,1-2H3,(H,21,26)/t16-/m1/s1. The maximum absolute atomic E-state index is 12.9. The van der Waals surface area contributed by atoms with Gasteiger partial charge in [-0.15, -0.1) is 0 Å². The van der Waals surface area contributed by atoms with Crippen LogP contribution >= 0.6 is 11.8 Å². The summed E-state index contributed by atoms with van der Waals surface area (Å²) in [5, 5.41) is 2.49. The molecule has 3 amide bonds. The van der Waals surface area contributed by atoms with Gasteiger partial charge >= 0.3 is 0 Å². The molecular formula is C20H28N4O5S2. The Balaban J connectivity index is 1.52. The van der Waals surface area contributed by atoms with Crippen LogP contribution in [-0.4, -0.2) is 90.6 Å². The van der Waals surface area contributed by atoms with Crippen LogP contribution < -0.4 is 5.32 Å². The molecule has 1 atom stereocenters. The fourth-order valence-electron chi connectivity index (χ4n) is 3.60. The van der Waals surface area contributed by atoms with Crippen molar-refractivity contribution in [2.24, 2.45) is 0 Å². The zero-order valence-electron chi connectivity index (χ0n) is 17.7. The number of carbonyl (C=O) groups is 3. The lowest BCUT2D eigenvalue weighted by Gasteiger charge is -2.27. The summed E-state index contributed by atoms with van der Waals surface area (Å²) in [4.78, 5) is 39.2. The quantitative estimate of drug-likeness (QED) is 0.633. The molecule has 0 aliphatic carbocycles. The van der Waals surface area contributed by atoms with Crippen LogP contribution in [0.15, 0.2) is 29.2 Å². The first-order valence-corrected chi connectivity index (χ1v) is 12.7. The molecule has 1 aromatic rings. The minimum absolute atomic E-state index is 0.152. The van der Waals surface area contributed by atoms with Gasteiger partial charge in [0.05, 0.1) is 16.7 Å². The van der Waals surface area contributed by atoms with E-state index >= 15 is 0 Å². The number of aryl methyl sites for hydroxylation is 1. The number of nitrogens with zero attached hydrogens (tertiary/aromatic N) is 3. The third kappa shape index (κ3) is 5.65. The second-order valence-electron chi connectivity index (χ2n) is 7.67. The van der Waals surface area contributed by atoms with E-state index in [0.717, 1.165) is 22.2 Å². The van der Waals surface area contributed by atoms with E-state index in [0.29, 0.717) is 32.6 Å². The third-order valence-electron chi connectivity index (χ3n) is 5.55. The molecule has 170 valence electrons. The molecule has 2 aliphatic heterocycles. The molecule has 0 saturated carbocycles. The van der Waals surface area contributed by atoms with Crippen molar-refractivity contribution in [3.63, 3.8) is 0 Å². The molecule has 0 aromatic heterocycles. The highest BCUT2D eigenvalue weighted by molar-refractivity contribution is 8.14. The van der Waals surface area contributed by atoms with Gasteiger partial charge < -0.3 is 5.32 Å². The van der Waals surface area contributed by atoms with Crippen molar-refractivity contribution in [1.29, 1.82) is 0 Å². The number of amides is 3. The second kappa shape index (κ2) is 10.1. The number of nitrogens with one attached hydrogen (secondary N) is 1. The lowest BCUT2D eigenvalue weighted by molar-refractivity contribution is -0.127. The Labute approximate surface area is 187 Å². The molecule has 2 saturated heterocycles. The first kappa shape index (κ1) is 23.7. The molecule has 0 radical (unpaired) electrons. The zero-order chi connectivity index (χ0) is 22.6. The summed E-state index contributed by atoms with van der Waals surface area (Å²) in [7, 11) is -3.57. The Morgan fingerprint density at radius 2 is 1.84 bits per heavy atom. The first-order valence-electron chi connectivity index (χ1n) is 10.3. The number of imide groups is 1. The SMILES string of the molecule is Cc1ccc(S(=O)(=O)N2CCCN([C@H](C)C(=O)NCCN3C(=O)CSC3=O)CC2)cc1. The third-order valence-corrected chi connectivity index (χ3v) is 8.32. The van der Waals surface area contributed by atoms with E-state index in [1.54, 1.807) is 31.2 Å². The topological polar surface area (TPSA) is 107 Å². The van der Waals surface area contributed by atoms with E-state index < -0.39 is 16.1 Å². The van der Waals surface area contributed by atoms with Gasteiger partial charge in [-0.3, -0.25) is 24.2 Å². The smallest absolute Gasteiger partial charge is 0.288 e. The van der Waals surface area contributed by atoms with Gasteiger partial charge in [0.2, 0.25) is 21.8 Å². The fourth-order valence-corrected chi connectivity index (χ4v) is 5.82. The van der Waals surface area contributed by atoms with Gasteiger partial charge in [0.25, 0.3) is 5.24 Å². The Morgan fingerprint density at radius 3 is 2.48 bits per heavy atom. The molecular weight excluding hydrogens is 440 g/mol. The molecule has 9 nitrogen and oxygen atoms in total. The molecule has 11 heteroatoms. The molecule has 0 unspecified atom stereocenters. The number of thioether (sulfide) groups is 1. The van der Waals surface area contributed by atoms with E-state index in [1.807, 2.05) is 11.8 Å². The van der Waals surface area contributed by atoms with Crippen molar-refractivity contribution >= 4 is 38.8 Å². The van der Waals surface area contributed by atoms with E-state index in [2.05, 4.69) is 5.32 Å². The Kier molecular flexibility index (Phi) is 7.73. The average molecular weight is 469 g/mol. The largest absolute Gasteiger partial charge is 0.353 e. The number of carbonyl (C=O) groups excluding carboxylic acids is 3. The lowest BCUT2D eigenvalue weighted by atomic mass is 10.2. The minimum Gasteiger partial charge on any atom is -0.353 e. The van der Waals surface area contributed by atoms with Crippen molar-refractivity contribution in [3.05, 3.63) is 29.8 Å². The summed E-state index contributed by atoms with van der Waals surface area (Å²) >= 11 is 0.968. The highest BCUT2D eigenvalue weighted by Crippen LogP contribution is 2.19. The van der Waals surface area contributed by atoms with Crippen LogP contribution in [-0.2, 0) is 19.6 Å². The van der Waals surface area contributed by atoms with Gasteiger partial charge in [-0.2, -0.15) is 4.31 Å². The Morgan fingerprint density at radius 1 is 1.13 bits per heavy atom. The normalized spacial score (nSPS) is 20.0. The van der Waals surface area contributed by atoms with E-state index in [-0.39, 0.29) is 40.8 Å². The highest BCUT2D eigenvalue weighted by atomic mass is 32.2. The Bertz CT molecular complexity index is 919.